The number of benzene rings is 1. The molecule has 0 N–H and O–H groups in total. The summed E-state index contributed by atoms with van der Waals surface area (Å²) < 4.78 is 4.97. The summed E-state index contributed by atoms with van der Waals surface area (Å²) in [6.45, 7) is 8.60. The lowest BCUT2D eigenvalue weighted by atomic mass is 9.77. The number of fused-ring (bicyclic) bond motifs is 1. The van der Waals surface area contributed by atoms with Gasteiger partial charge in [0, 0.05) is 51.8 Å². The normalized spacial score (nSPS) is 29.8. The van der Waals surface area contributed by atoms with Crippen LogP contribution < -0.4 is 4.90 Å². The van der Waals surface area contributed by atoms with E-state index in [4.69, 9.17) is 9.97 Å². The van der Waals surface area contributed by atoms with Crippen molar-refractivity contribution in [1.29, 1.82) is 0 Å². The van der Waals surface area contributed by atoms with Gasteiger partial charge in [0.15, 0.2) is 17.0 Å². The van der Waals surface area contributed by atoms with E-state index >= 15 is 0 Å². The summed E-state index contributed by atoms with van der Waals surface area (Å²) in [6, 6.07) is 11.3. The summed E-state index contributed by atoms with van der Waals surface area (Å²) in [5.74, 6) is 1.81. The predicted molar refractivity (Wildman–Crippen MR) is 143 cm³/mol. The first-order valence-electron chi connectivity index (χ1n) is 13.5. The minimum absolute atomic E-state index is 0.0743. The van der Waals surface area contributed by atoms with Crippen LogP contribution in [0.3, 0.4) is 0 Å². The van der Waals surface area contributed by atoms with Crippen molar-refractivity contribution in [2.45, 2.75) is 18.4 Å². The Morgan fingerprint density at radius 2 is 1.55 bits per heavy atom. The van der Waals surface area contributed by atoms with Crippen LogP contribution in [0.1, 0.15) is 18.4 Å². The second-order valence-corrected chi connectivity index (χ2v) is 11.7. The Morgan fingerprint density at radius 1 is 0.868 bits per heavy atom. The predicted octanol–water partition coefficient (Wildman–Crippen LogP) is 1.77. The van der Waals surface area contributed by atoms with E-state index in [2.05, 4.69) is 64.6 Å². The number of hydrogen-bond acceptors (Lipinski definition) is 8. The van der Waals surface area contributed by atoms with Crippen molar-refractivity contribution >= 4 is 17.0 Å². The van der Waals surface area contributed by atoms with Gasteiger partial charge < -0.3 is 9.47 Å². The minimum atomic E-state index is 0.0743. The molecule has 5 saturated heterocycles. The van der Waals surface area contributed by atoms with Crippen molar-refractivity contribution in [2.75, 3.05) is 58.0 Å². The molecule has 1 aromatic carbocycles. The van der Waals surface area contributed by atoms with E-state index in [1.807, 2.05) is 31.2 Å². The molecule has 5 fully saturated rings. The van der Waals surface area contributed by atoms with Crippen molar-refractivity contribution in [1.82, 2.24) is 44.0 Å². The molecular formula is C27H34N11+. The summed E-state index contributed by atoms with van der Waals surface area (Å²) >= 11 is 0. The topological polar surface area (TPSA) is 74.4 Å². The van der Waals surface area contributed by atoms with Gasteiger partial charge >= 0.3 is 0 Å². The molecule has 0 saturated carbocycles. The van der Waals surface area contributed by atoms with Gasteiger partial charge in [0.1, 0.15) is 37.7 Å². The molecule has 0 radical (unpaired) electrons. The Kier molecular flexibility index (Phi) is 4.79. The van der Waals surface area contributed by atoms with E-state index in [0.29, 0.717) is 0 Å². The molecule has 0 atom stereocenters. The number of nitrogens with zero attached hydrogens (tertiary/aromatic N) is 11. The van der Waals surface area contributed by atoms with Crippen LogP contribution in [-0.4, -0.2) is 102 Å². The fourth-order valence-electron chi connectivity index (χ4n) is 7.83. The molecule has 0 spiro atoms. The molecule has 0 aliphatic carbocycles. The number of piperidine rings is 1. The average Bonchev–Trinajstić information content (AvgIpc) is 3.51. The lowest BCUT2D eigenvalue weighted by Gasteiger charge is -2.67. The van der Waals surface area contributed by atoms with E-state index in [1.165, 1.54) is 5.56 Å². The standard InChI is InChI=1S/C27H34N11/c1-32-13-21(12-30-32)24-31-23-25(33(24)2)28-14-29-26(23)37-10-8-27(9-11-37,22-6-4-3-5-7-22)38-18-34-15-35(19-38)17-36(16-34)20-38/h3-7,12-14H,8-11,15-20H2,1-2H3/q+1. The first-order valence-corrected chi connectivity index (χ1v) is 13.5. The van der Waals surface area contributed by atoms with Crippen molar-refractivity contribution in [3.63, 3.8) is 0 Å². The van der Waals surface area contributed by atoms with Gasteiger partial charge in [-0.15, -0.1) is 0 Å². The van der Waals surface area contributed by atoms with Gasteiger partial charge in [-0.25, -0.2) is 29.7 Å². The third kappa shape index (κ3) is 3.16. The Hall–Kier alpha value is -3.38. The van der Waals surface area contributed by atoms with E-state index in [-0.39, 0.29) is 5.54 Å². The fourth-order valence-corrected chi connectivity index (χ4v) is 7.83. The van der Waals surface area contributed by atoms with Crippen molar-refractivity contribution < 1.29 is 4.48 Å². The number of quaternary nitrogens is 1. The maximum Gasteiger partial charge on any atom is 0.165 e. The highest BCUT2D eigenvalue weighted by Crippen LogP contribution is 2.49. The number of aryl methyl sites for hydroxylation is 2. The highest BCUT2D eigenvalue weighted by molar-refractivity contribution is 5.86. The van der Waals surface area contributed by atoms with Gasteiger partial charge in [-0.2, -0.15) is 5.10 Å². The maximum absolute atomic E-state index is 5.04. The summed E-state index contributed by atoms with van der Waals surface area (Å²) in [7, 11) is 3.95. The fraction of sp³-hybridized carbons (Fsp3) is 0.481. The highest BCUT2D eigenvalue weighted by atomic mass is 15.7. The molecule has 0 unspecified atom stereocenters. The molecule has 11 heteroatoms. The van der Waals surface area contributed by atoms with Crippen LogP contribution in [0.5, 0.6) is 0 Å². The molecule has 11 nitrogen and oxygen atoms in total. The van der Waals surface area contributed by atoms with Crippen molar-refractivity contribution in [2.24, 2.45) is 14.1 Å². The summed E-state index contributed by atoms with van der Waals surface area (Å²) in [5.41, 5.74) is 4.27. The maximum atomic E-state index is 5.04. The SMILES string of the molecule is Cn1cc(-c2nc3c(N4CCC(c5ccccc5)([N+]56CN7CN(CN(C7)C5)C6)CC4)ncnc3n2C)cn1. The van der Waals surface area contributed by atoms with E-state index in [1.54, 1.807) is 6.33 Å². The Labute approximate surface area is 222 Å². The Morgan fingerprint density at radius 3 is 2.18 bits per heavy atom. The van der Waals surface area contributed by atoms with E-state index in [9.17, 15) is 0 Å². The average molecular weight is 513 g/mol. The molecule has 5 aliphatic rings. The zero-order valence-corrected chi connectivity index (χ0v) is 22.1. The Bertz CT molecular complexity index is 1460. The number of hydrogen-bond donors (Lipinski definition) is 0. The highest BCUT2D eigenvalue weighted by Gasteiger charge is 2.61. The zero-order chi connectivity index (χ0) is 25.5. The molecule has 4 bridgehead atoms. The number of aromatic nitrogens is 6. The molecule has 4 aromatic rings. The smallest absolute Gasteiger partial charge is 0.165 e. The van der Waals surface area contributed by atoms with Crippen LogP contribution in [0.2, 0.25) is 0 Å². The molecule has 196 valence electrons. The van der Waals surface area contributed by atoms with Gasteiger partial charge in [0.2, 0.25) is 0 Å². The number of rotatable bonds is 4. The first-order chi connectivity index (χ1) is 18.5. The zero-order valence-electron chi connectivity index (χ0n) is 22.1. The van der Waals surface area contributed by atoms with Gasteiger partial charge in [-0.1, -0.05) is 30.3 Å². The largest absolute Gasteiger partial charge is 0.354 e. The molecule has 38 heavy (non-hydrogen) atoms. The van der Waals surface area contributed by atoms with Crippen molar-refractivity contribution in [3.05, 3.63) is 54.6 Å². The van der Waals surface area contributed by atoms with Crippen LogP contribution in [0.15, 0.2) is 49.1 Å². The lowest BCUT2D eigenvalue weighted by molar-refractivity contribution is -1.03. The molecule has 3 aromatic heterocycles. The first kappa shape index (κ1) is 22.6. The minimum Gasteiger partial charge on any atom is -0.354 e. The summed E-state index contributed by atoms with van der Waals surface area (Å²) in [5, 5.41) is 4.34. The van der Waals surface area contributed by atoms with Crippen LogP contribution in [-0.2, 0) is 19.6 Å². The van der Waals surface area contributed by atoms with Gasteiger partial charge in [-0.05, 0) is 0 Å². The molecule has 0 amide bonds. The summed E-state index contributed by atoms with van der Waals surface area (Å²) in [4.78, 5) is 24.8. The quantitative estimate of drug-likeness (QED) is 0.383. The third-order valence-electron chi connectivity index (χ3n) is 9.32. The van der Waals surface area contributed by atoms with Crippen LogP contribution in [0.4, 0.5) is 5.82 Å². The van der Waals surface area contributed by atoms with Gasteiger partial charge in [-0.3, -0.25) is 9.16 Å². The second-order valence-electron chi connectivity index (χ2n) is 11.7. The number of anilines is 1. The molecule has 8 heterocycles. The van der Waals surface area contributed by atoms with Gasteiger partial charge in [0.25, 0.3) is 0 Å². The van der Waals surface area contributed by atoms with Crippen molar-refractivity contribution in [3.8, 4) is 11.4 Å². The van der Waals surface area contributed by atoms with Crippen LogP contribution in [0.25, 0.3) is 22.6 Å². The summed E-state index contributed by atoms with van der Waals surface area (Å²) in [6.07, 6.45) is 7.71. The van der Waals surface area contributed by atoms with E-state index in [0.717, 1.165) is 98.8 Å². The molecule has 5 aliphatic heterocycles. The van der Waals surface area contributed by atoms with Crippen LogP contribution in [0, 0.1) is 0 Å². The molecule has 9 rings (SSSR count). The Balaban J connectivity index is 1.16. The van der Waals surface area contributed by atoms with Gasteiger partial charge in [0.05, 0.1) is 31.8 Å². The van der Waals surface area contributed by atoms with E-state index < -0.39 is 0 Å². The second kappa shape index (κ2) is 8.06. The van der Waals surface area contributed by atoms with Crippen LogP contribution >= 0.6 is 0 Å². The third-order valence-corrected chi connectivity index (χ3v) is 9.32. The number of imidazole rings is 1. The lowest BCUT2D eigenvalue weighted by Crippen LogP contribution is -2.84. The molecular weight excluding hydrogens is 478 g/mol. The monoisotopic (exact) mass is 512 g/mol.